The van der Waals surface area contributed by atoms with Gasteiger partial charge in [0.05, 0.1) is 0 Å². The second-order valence-corrected chi connectivity index (χ2v) is 4.91. The number of hydrogen-bond donors (Lipinski definition) is 1. The normalized spacial score (nSPS) is 41.1. The van der Waals surface area contributed by atoms with Gasteiger partial charge >= 0.3 is 0 Å². The molecule has 2 nitrogen and oxygen atoms in total. The Morgan fingerprint density at radius 2 is 1.80 bits per heavy atom. The molecule has 3 aliphatic carbocycles. The molecule has 4 atom stereocenters. The molecule has 2 bridgehead atoms. The van der Waals surface area contributed by atoms with E-state index in [9.17, 15) is 9.90 Å². The molecule has 0 aliphatic heterocycles. The third kappa shape index (κ3) is 0.921. The van der Waals surface area contributed by atoms with E-state index in [2.05, 4.69) is 26.0 Å². The Kier molecular flexibility index (Phi) is 1.57. The molecule has 3 rings (SSSR count). The molecule has 3 aliphatic rings. The van der Waals surface area contributed by atoms with Crippen LogP contribution in [0.5, 0.6) is 0 Å². The van der Waals surface area contributed by atoms with Gasteiger partial charge in [-0.25, -0.2) is 0 Å². The number of fused-ring (bicyclic) bond motifs is 5. The number of aliphatic hydroxyl groups is 1. The van der Waals surface area contributed by atoms with Crippen molar-refractivity contribution in [3.8, 4) is 0 Å². The number of carbonyl (C=O) groups excluding carboxylic acids is 1. The first kappa shape index (κ1) is 8.96. The Morgan fingerprint density at radius 3 is 2.33 bits per heavy atom. The highest BCUT2D eigenvalue weighted by Crippen LogP contribution is 2.57. The lowest BCUT2D eigenvalue weighted by atomic mass is 9.84. The van der Waals surface area contributed by atoms with E-state index in [4.69, 9.17) is 0 Å². The molecule has 2 heteroatoms. The van der Waals surface area contributed by atoms with Crippen molar-refractivity contribution in [2.75, 3.05) is 0 Å². The summed E-state index contributed by atoms with van der Waals surface area (Å²) in [4.78, 5) is 11.7. The molecule has 0 heterocycles. The summed E-state index contributed by atoms with van der Waals surface area (Å²) in [6.07, 6.45) is 5.71. The third-order valence-corrected chi connectivity index (χ3v) is 3.94. The minimum Gasteiger partial charge on any atom is -0.512 e. The first-order chi connectivity index (χ1) is 7.11. The molecule has 0 saturated heterocycles. The van der Waals surface area contributed by atoms with Crippen molar-refractivity contribution in [1.29, 1.82) is 0 Å². The number of allylic oxidation sites excluding steroid dienone is 6. The molecule has 0 radical (unpaired) electrons. The van der Waals surface area contributed by atoms with Gasteiger partial charge in [0.1, 0.15) is 5.76 Å². The highest BCUT2D eigenvalue weighted by atomic mass is 16.3. The largest absolute Gasteiger partial charge is 0.512 e. The van der Waals surface area contributed by atoms with E-state index in [0.29, 0.717) is 5.76 Å². The van der Waals surface area contributed by atoms with Crippen molar-refractivity contribution in [2.45, 2.75) is 13.8 Å². The SMILES string of the molecule is CC(C)=C1C2C=CC1C1C(O)=CC(=O)C21. The Labute approximate surface area is 89.0 Å². The summed E-state index contributed by atoms with van der Waals surface area (Å²) in [5, 5.41) is 9.78. The van der Waals surface area contributed by atoms with E-state index in [1.165, 1.54) is 17.2 Å². The summed E-state index contributed by atoms with van der Waals surface area (Å²) in [5.41, 5.74) is 2.66. The monoisotopic (exact) mass is 202 g/mol. The number of carbonyl (C=O) groups is 1. The average molecular weight is 202 g/mol. The van der Waals surface area contributed by atoms with Crippen LogP contribution in [0, 0.1) is 23.7 Å². The number of rotatable bonds is 0. The lowest BCUT2D eigenvalue weighted by Crippen LogP contribution is -2.21. The predicted molar refractivity (Wildman–Crippen MR) is 57.2 cm³/mol. The minimum atomic E-state index is -0.00935. The smallest absolute Gasteiger partial charge is 0.163 e. The highest BCUT2D eigenvalue weighted by molar-refractivity contribution is 5.97. The van der Waals surface area contributed by atoms with Crippen LogP contribution in [0.4, 0.5) is 0 Å². The van der Waals surface area contributed by atoms with Crippen molar-refractivity contribution in [3.05, 3.63) is 35.1 Å². The lowest BCUT2D eigenvalue weighted by molar-refractivity contribution is -0.118. The van der Waals surface area contributed by atoms with Crippen molar-refractivity contribution in [2.24, 2.45) is 23.7 Å². The van der Waals surface area contributed by atoms with Crippen molar-refractivity contribution >= 4 is 5.78 Å². The summed E-state index contributed by atoms with van der Waals surface area (Å²) < 4.78 is 0. The summed E-state index contributed by atoms with van der Waals surface area (Å²) in [6.45, 7) is 4.18. The summed E-state index contributed by atoms with van der Waals surface area (Å²) in [6, 6.07) is 0. The zero-order valence-electron chi connectivity index (χ0n) is 8.90. The van der Waals surface area contributed by atoms with Gasteiger partial charge in [0.15, 0.2) is 5.78 Å². The molecule has 0 aromatic rings. The van der Waals surface area contributed by atoms with E-state index in [-0.39, 0.29) is 29.5 Å². The molecule has 1 fully saturated rings. The Morgan fingerprint density at radius 1 is 1.20 bits per heavy atom. The number of ketones is 1. The molecule has 4 unspecified atom stereocenters. The van der Waals surface area contributed by atoms with Crippen LogP contribution in [0.1, 0.15) is 13.8 Å². The fraction of sp³-hybridized carbons (Fsp3) is 0.462. The molecule has 15 heavy (non-hydrogen) atoms. The maximum Gasteiger partial charge on any atom is 0.163 e. The van der Waals surface area contributed by atoms with Gasteiger partial charge in [-0.2, -0.15) is 0 Å². The van der Waals surface area contributed by atoms with Crippen molar-refractivity contribution in [3.63, 3.8) is 0 Å². The average Bonchev–Trinajstić information content (AvgIpc) is 2.77. The lowest BCUT2D eigenvalue weighted by Gasteiger charge is -2.18. The molecule has 0 aromatic heterocycles. The zero-order valence-corrected chi connectivity index (χ0v) is 8.90. The topological polar surface area (TPSA) is 37.3 Å². The van der Waals surface area contributed by atoms with Crippen LogP contribution in [0.2, 0.25) is 0 Å². The standard InChI is InChI=1S/C13H14O2/c1-6(2)11-7-3-4-8(11)13-10(15)5-9(14)12(7)13/h3-5,7-8,12-14H,1-2H3. The molecular weight excluding hydrogens is 188 g/mol. The van der Waals surface area contributed by atoms with Gasteiger partial charge in [0.25, 0.3) is 0 Å². The van der Waals surface area contributed by atoms with Crippen LogP contribution < -0.4 is 0 Å². The van der Waals surface area contributed by atoms with Crippen LogP contribution in [-0.4, -0.2) is 10.9 Å². The van der Waals surface area contributed by atoms with Gasteiger partial charge in [-0.3, -0.25) is 4.79 Å². The van der Waals surface area contributed by atoms with Gasteiger partial charge in [-0.05, 0) is 13.8 Å². The second-order valence-electron chi connectivity index (χ2n) is 4.91. The maximum atomic E-state index is 11.7. The first-order valence-corrected chi connectivity index (χ1v) is 5.41. The van der Waals surface area contributed by atoms with Crippen molar-refractivity contribution in [1.82, 2.24) is 0 Å². The first-order valence-electron chi connectivity index (χ1n) is 5.41. The molecule has 0 amide bonds. The summed E-state index contributed by atoms with van der Waals surface area (Å²) in [5.74, 6) is 0.946. The van der Waals surface area contributed by atoms with Crippen LogP contribution >= 0.6 is 0 Å². The van der Waals surface area contributed by atoms with E-state index in [1.54, 1.807) is 0 Å². The number of aliphatic hydroxyl groups excluding tert-OH is 1. The zero-order chi connectivity index (χ0) is 10.7. The fourth-order valence-corrected chi connectivity index (χ4v) is 3.47. The molecule has 1 saturated carbocycles. The van der Waals surface area contributed by atoms with Crippen LogP contribution in [0.15, 0.2) is 35.1 Å². The molecular formula is C13H14O2. The van der Waals surface area contributed by atoms with Crippen LogP contribution in [0.3, 0.4) is 0 Å². The minimum absolute atomic E-state index is 0.00935. The molecule has 0 spiro atoms. The quantitative estimate of drug-likeness (QED) is 0.612. The second kappa shape index (κ2) is 2.63. The van der Waals surface area contributed by atoms with E-state index < -0.39 is 0 Å². The highest BCUT2D eigenvalue weighted by Gasteiger charge is 2.55. The summed E-state index contributed by atoms with van der Waals surface area (Å²) >= 11 is 0. The van der Waals surface area contributed by atoms with Gasteiger partial charge in [-0.1, -0.05) is 23.3 Å². The molecule has 1 N–H and O–H groups in total. The van der Waals surface area contributed by atoms with Crippen molar-refractivity contribution < 1.29 is 9.90 Å². The van der Waals surface area contributed by atoms with Gasteiger partial charge < -0.3 is 5.11 Å². The maximum absolute atomic E-state index is 11.7. The number of hydrogen-bond acceptors (Lipinski definition) is 2. The van der Waals surface area contributed by atoms with Gasteiger partial charge in [0.2, 0.25) is 0 Å². The van der Waals surface area contributed by atoms with Gasteiger partial charge in [-0.15, -0.1) is 0 Å². The Bertz CT molecular complexity index is 435. The van der Waals surface area contributed by atoms with Gasteiger partial charge in [0, 0.05) is 29.7 Å². The fourth-order valence-electron chi connectivity index (χ4n) is 3.47. The van der Waals surface area contributed by atoms with E-state index >= 15 is 0 Å². The van der Waals surface area contributed by atoms with Crippen LogP contribution in [-0.2, 0) is 4.79 Å². The van der Waals surface area contributed by atoms with E-state index in [1.807, 2.05) is 0 Å². The predicted octanol–water partition coefficient (Wildman–Crippen LogP) is 2.40. The Hall–Kier alpha value is -1.31. The third-order valence-electron chi connectivity index (χ3n) is 3.94. The molecule has 78 valence electrons. The van der Waals surface area contributed by atoms with E-state index in [0.717, 1.165) is 0 Å². The van der Waals surface area contributed by atoms with Crippen LogP contribution in [0.25, 0.3) is 0 Å². The Balaban J connectivity index is 2.14. The summed E-state index contributed by atoms with van der Waals surface area (Å²) in [7, 11) is 0. The molecule has 0 aromatic carbocycles.